The number of hydrogen-bond donors (Lipinski definition) is 3. The third kappa shape index (κ3) is 7.46. The van der Waals surface area contributed by atoms with Crippen LogP contribution in [0.15, 0.2) is 45.3 Å². The molecule has 0 bridgehead atoms. The van der Waals surface area contributed by atoms with Crippen molar-refractivity contribution in [3.05, 3.63) is 55.9 Å². The molecule has 2 aromatic rings. The van der Waals surface area contributed by atoms with E-state index in [4.69, 9.17) is 33.3 Å². The number of thiocarbonyl (C=S) groups is 1. The maximum atomic E-state index is 12.4. The monoisotopic (exact) mass is 563 g/mol. The van der Waals surface area contributed by atoms with Crippen molar-refractivity contribution in [3.63, 3.8) is 0 Å². The van der Waals surface area contributed by atoms with E-state index in [1.54, 1.807) is 36.4 Å². The number of amides is 2. The molecule has 0 aliphatic rings. The highest BCUT2D eigenvalue weighted by atomic mass is 79.9. The first-order valence-electron chi connectivity index (χ1n) is 8.20. The van der Waals surface area contributed by atoms with Crippen molar-refractivity contribution in [2.45, 2.75) is 6.92 Å². The van der Waals surface area contributed by atoms with Gasteiger partial charge in [-0.2, -0.15) is 0 Å². The lowest BCUT2D eigenvalue weighted by molar-refractivity contribution is -0.123. The van der Waals surface area contributed by atoms with E-state index in [1.807, 2.05) is 6.92 Å². The Morgan fingerprint density at radius 1 is 1.03 bits per heavy atom. The van der Waals surface area contributed by atoms with E-state index in [-0.39, 0.29) is 11.7 Å². The van der Waals surface area contributed by atoms with E-state index in [1.165, 1.54) is 0 Å². The summed E-state index contributed by atoms with van der Waals surface area (Å²) < 4.78 is 12.3. The zero-order valence-corrected chi connectivity index (χ0v) is 19.8. The molecule has 0 saturated heterocycles. The highest BCUT2D eigenvalue weighted by molar-refractivity contribution is 9.10. The molecular formula is C18H16Br2ClN3O4S. The molecule has 0 spiro atoms. The molecule has 0 saturated carbocycles. The fraction of sp³-hybridized carbons (Fsp3) is 0.167. The van der Waals surface area contributed by atoms with Crippen molar-refractivity contribution in [1.82, 2.24) is 16.2 Å². The molecule has 7 nitrogen and oxygen atoms in total. The summed E-state index contributed by atoms with van der Waals surface area (Å²) in [6.07, 6.45) is 0. The molecule has 0 radical (unpaired) electrons. The minimum absolute atomic E-state index is 0.0903. The van der Waals surface area contributed by atoms with E-state index in [9.17, 15) is 9.59 Å². The number of rotatable bonds is 6. The van der Waals surface area contributed by atoms with Gasteiger partial charge in [0.2, 0.25) is 0 Å². The average molecular weight is 566 g/mol. The Labute approximate surface area is 194 Å². The molecule has 3 N–H and O–H groups in total. The molecule has 2 amide bonds. The predicted molar refractivity (Wildman–Crippen MR) is 121 cm³/mol. The second-order valence-electron chi connectivity index (χ2n) is 5.39. The SMILES string of the molecule is CCOc1ccc(Br)cc1C(=O)NC(=S)NNC(=O)COc1ccc(Br)cc1Cl. The van der Waals surface area contributed by atoms with Crippen LogP contribution < -0.4 is 25.6 Å². The minimum Gasteiger partial charge on any atom is -0.493 e. The van der Waals surface area contributed by atoms with Crippen LogP contribution in [-0.4, -0.2) is 30.1 Å². The van der Waals surface area contributed by atoms with Crippen molar-refractivity contribution < 1.29 is 19.1 Å². The van der Waals surface area contributed by atoms with Gasteiger partial charge in [-0.15, -0.1) is 0 Å². The molecule has 154 valence electrons. The van der Waals surface area contributed by atoms with Gasteiger partial charge in [0.25, 0.3) is 11.8 Å². The Morgan fingerprint density at radius 2 is 1.69 bits per heavy atom. The van der Waals surface area contributed by atoms with Gasteiger partial charge in [0, 0.05) is 8.95 Å². The number of nitrogens with one attached hydrogen (secondary N) is 3. The largest absolute Gasteiger partial charge is 0.493 e. The fourth-order valence-corrected chi connectivity index (χ4v) is 3.29. The normalized spacial score (nSPS) is 10.1. The first kappa shape index (κ1) is 23.4. The van der Waals surface area contributed by atoms with Gasteiger partial charge < -0.3 is 9.47 Å². The van der Waals surface area contributed by atoms with Crippen molar-refractivity contribution in [3.8, 4) is 11.5 Å². The van der Waals surface area contributed by atoms with Gasteiger partial charge in [-0.3, -0.25) is 25.8 Å². The standard InChI is InChI=1S/C18H16Br2ClN3O4S/c1-2-27-14-5-3-10(19)7-12(14)17(26)22-18(29)24-23-16(25)9-28-15-6-4-11(20)8-13(15)21/h3-8H,2,9H2,1H3,(H,23,25)(H2,22,24,26,29). The Balaban J connectivity index is 1.84. The van der Waals surface area contributed by atoms with Crippen molar-refractivity contribution in [2.24, 2.45) is 0 Å². The number of carbonyl (C=O) groups is 2. The zero-order valence-electron chi connectivity index (χ0n) is 15.1. The number of hydrazine groups is 1. The molecule has 29 heavy (non-hydrogen) atoms. The topological polar surface area (TPSA) is 88.7 Å². The lowest BCUT2D eigenvalue weighted by atomic mass is 10.2. The van der Waals surface area contributed by atoms with Crippen molar-refractivity contribution >= 4 is 72.6 Å². The smallest absolute Gasteiger partial charge is 0.276 e. The predicted octanol–water partition coefficient (Wildman–Crippen LogP) is 3.98. The summed E-state index contributed by atoms with van der Waals surface area (Å²) in [5.41, 5.74) is 5.06. The van der Waals surface area contributed by atoms with E-state index in [0.29, 0.717) is 33.2 Å². The third-order valence-electron chi connectivity index (χ3n) is 3.28. The maximum absolute atomic E-state index is 12.4. The van der Waals surface area contributed by atoms with Gasteiger partial charge in [0.05, 0.1) is 17.2 Å². The molecule has 0 atom stereocenters. The Morgan fingerprint density at radius 3 is 2.34 bits per heavy atom. The van der Waals surface area contributed by atoms with Gasteiger partial charge in [-0.05, 0) is 55.5 Å². The van der Waals surface area contributed by atoms with Gasteiger partial charge in [0.15, 0.2) is 11.7 Å². The highest BCUT2D eigenvalue weighted by Gasteiger charge is 2.15. The molecule has 0 fully saturated rings. The van der Waals surface area contributed by atoms with Crippen LogP contribution >= 0.6 is 55.7 Å². The second-order valence-corrected chi connectivity index (χ2v) is 8.04. The first-order chi connectivity index (χ1) is 13.8. The van der Waals surface area contributed by atoms with E-state index < -0.39 is 11.8 Å². The summed E-state index contributed by atoms with van der Waals surface area (Å²) in [5, 5.41) is 2.74. The molecule has 0 aromatic heterocycles. The average Bonchev–Trinajstić information content (AvgIpc) is 2.67. The zero-order chi connectivity index (χ0) is 21.4. The highest BCUT2D eigenvalue weighted by Crippen LogP contribution is 2.27. The van der Waals surface area contributed by atoms with Crippen LogP contribution in [0.3, 0.4) is 0 Å². The van der Waals surface area contributed by atoms with Crippen LogP contribution in [0.1, 0.15) is 17.3 Å². The van der Waals surface area contributed by atoms with Crippen LogP contribution in [0, 0.1) is 0 Å². The quantitative estimate of drug-likeness (QED) is 0.363. The Bertz CT molecular complexity index is 930. The second kappa shape index (κ2) is 11.3. The number of ether oxygens (including phenoxy) is 2. The molecular weight excluding hydrogens is 550 g/mol. The minimum atomic E-state index is -0.516. The Hall–Kier alpha value is -1.88. The van der Waals surface area contributed by atoms with Crippen molar-refractivity contribution in [1.29, 1.82) is 0 Å². The fourth-order valence-electron chi connectivity index (χ4n) is 2.06. The summed E-state index contributed by atoms with van der Waals surface area (Å²) in [6.45, 7) is 1.92. The summed E-state index contributed by atoms with van der Waals surface area (Å²) in [7, 11) is 0. The van der Waals surface area contributed by atoms with E-state index in [2.05, 4.69) is 48.0 Å². The number of hydrogen-bond acceptors (Lipinski definition) is 5. The van der Waals surface area contributed by atoms with Crippen LogP contribution in [0.2, 0.25) is 5.02 Å². The van der Waals surface area contributed by atoms with Crippen LogP contribution in [0.4, 0.5) is 0 Å². The number of carbonyl (C=O) groups excluding carboxylic acids is 2. The summed E-state index contributed by atoms with van der Waals surface area (Å²) in [6, 6.07) is 10.1. The molecule has 0 aliphatic heterocycles. The lowest BCUT2D eigenvalue weighted by Gasteiger charge is -2.13. The van der Waals surface area contributed by atoms with Gasteiger partial charge in [-0.1, -0.05) is 43.5 Å². The summed E-state index contributed by atoms with van der Waals surface area (Å²) in [5.74, 6) is -0.226. The van der Waals surface area contributed by atoms with Crippen LogP contribution in [0.5, 0.6) is 11.5 Å². The third-order valence-corrected chi connectivity index (χ3v) is 4.77. The van der Waals surface area contributed by atoms with Crippen LogP contribution in [-0.2, 0) is 4.79 Å². The molecule has 0 unspecified atom stereocenters. The maximum Gasteiger partial charge on any atom is 0.276 e. The Kier molecular flexibility index (Phi) is 9.15. The molecule has 0 heterocycles. The number of benzene rings is 2. The van der Waals surface area contributed by atoms with E-state index in [0.717, 1.165) is 4.47 Å². The van der Waals surface area contributed by atoms with Gasteiger partial charge in [0.1, 0.15) is 11.5 Å². The lowest BCUT2D eigenvalue weighted by Crippen LogP contribution is -2.49. The molecule has 11 heteroatoms. The van der Waals surface area contributed by atoms with Gasteiger partial charge >= 0.3 is 0 Å². The summed E-state index contributed by atoms with van der Waals surface area (Å²) >= 11 is 17.6. The van der Waals surface area contributed by atoms with Gasteiger partial charge in [-0.25, -0.2) is 0 Å². The molecule has 2 rings (SSSR count). The number of halogens is 3. The summed E-state index contributed by atoms with van der Waals surface area (Å²) in [4.78, 5) is 24.3. The van der Waals surface area contributed by atoms with Crippen molar-refractivity contribution in [2.75, 3.05) is 13.2 Å². The molecule has 0 aliphatic carbocycles. The first-order valence-corrected chi connectivity index (χ1v) is 10.6. The van der Waals surface area contributed by atoms with Crippen LogP contribution in [0.25, 0.3) is 0 Å². The van der Waals surface area contributed by atoms with E-state index >= 15 is 0 Å². The molecule has 2 aromatic carbocycles.